The van der Waals surface area contributed by atoms with Gasteiger partial charge in [-0.25, -0.2) is 9.59 Å². The zero-order valence-electron chi connectivity index (χ0n) is 15.7. The van der Waals surface area contributed by atoms with Crippen LogP contribution in [0.1, 0.15) is 48.4 Å². The Labute approximate surface area is 153 Å². The van der Waals surface area contributed by atoms with E-state index >= 15 is 0 Å². The Kier molecular flexibility index (Phi) is 8.27. The summed E-state index contributed by atoms with van der Waals surface area (Å²) in [5.74, 6) is -1.21. The Hall–Kier alpha value is -2.90. The summed E-state index contributed by atoms with van der Waals surface area (Å²) in [4.78, 5) is 51.3. The Bertz CT molecular complexity index is 614. The molecule has 0 aromatic heterocycles. The zero-order chi connectivity index (χ0) is 19.7. The first-order valence-corrected chi connectivity index (χ1v) is 8.68. The lowest BCUT2D eigenvalue weighted by atomic mass is 10.1. The highest BCUT2D eigenvalue weighted by Crippen LogP contribution is 2.06. The predicted molar refractivity (Wildman–Crippen MR) is 98.0 cm³/mol. The van der Waals surface area contributed by atoms with Crippen LogP contribution in [-0.2, 0) is 0 Å². The SMILES string of the molecule is CCN(CC)C(=O)NC(=O)c1cccc(C(=O)NC(=O)N(CC)CC)c1. The predicted octanol–water partition coefficient (Wildman–Crippen LogP) is 2.07. The molecule has 0 unspecified atom stereocenters. The van der Waals surface area contributed by atoms with Crippen molar-refractivity contribution in [2.24, 2.45) is 0 Å². The molecule has 26 heavy (non-hydrogen) atoms. The molecule has 1 rings (SSSR count). The summed E-state index contributed by atoms with van der Waals surface area (Å²) in [5, 5.41) is 4.57. The van der Waals surface area contributed by atoms with Crippen LogP contribution in [0.4, 0.5) is 9.59 Å². The molecule has 0 aliphatic carbocycles. The first kappa shape index (κ1) is 21.1. The van der Waals surface area contributed by atoms with E-state index in [1.807, 2.05) is 27.7 Å². The van der Waals surface area contributed by atoms with Crippen molar-refractivity contribution in [3.05, 3.63) is 35.4 Å². The number of nitrogens with one attached hydrogen (secondary N) is 2. The van der Waals surface area contributed by atoms with E-state index < -0.39 is 23.9 Å². The van der Waals surface area contributed by atoms with Crippen LogP contribution in [0.25, 0.3) is 0 Å². The van der Waals surface area contributed by atoms with Crippen LogP contribution >= 0.6 is 0 Å². The Morgan fingerprint density at radius 3 is 1.38 bits per heavy atom. The van der Waals surface area contributed by atoms with Crippen LogP contribution in [0.3, 0.4) is 0 Å². The van der Waals surface area contributed by atoms with E-state index in [-0.39, 0.29) is 11.1 Å². The number of carbonyl (C=O) groups is 4. The summed E-state index contributed by atoms with van der Waals surface area (Å²) in [6.45, 7) is 9.15. The van der Waals surface area contributed by atoms with Gasteiger partial charge in [0.1, 0.15) is 0 Å². The van der Waals surface area contributed by atoms with Crippen LogP contribution in [0.2, 0.25) is 0 Å². The number of benzene rings is 1. The molecule has 1 aromatic rings. The molecule has 6 amide bonds. The van der Waals surface area contributed by atoms with Crippen molar-refractivity contribution in [2.45, 2.75) is 27.7 Å². The summed E-state index contributed by atoms with van der Waals surface area (Å²) < 4.78 is 0. The topological polar surface area (TPSA) is 98.8 Å². The molecular formula is C18H26N4O4. The normalized spacial score (nSPS) is 10.0. The summed E-state index contributed by atoms with van der Waals surface area (Å²) in [5.41, 5.74) is 0.321. The van der Waals surface area contributed by atoms with E-state index in [9.17, 15) is 19.2 Å². The molecule has 0 bridgehead atoms. The van der Waals surface area contributed by atoms with E-state index in [1.54, 1.807) is 0 Å². The fourth-order valence-electron chi connectivity index (χ4n) is 2.32. The number of hydrogen-bond acceptors (Lipinski definition) is 4. The van der Waals surface area contributed by atoms with Gasteiger partial charge in [0, 0.05) is 37.3 Å². The second-order valence-corrected chi connectivity index (χ2v) is 5.44. The van der Waals surface area contributed by atoms with Crippen molar-refractivity contribution in [2.75, 3.05) is 26.2 Å². The maximum absolute atomic E-state index is 12.2. The molecule has 1 aromatic carbocycles. The van der Waals surface area contributed by atoms with Crippen molar-refractivity contribution in [1.82, 2.24) is 20.4 Å². The van der Waals surface area contributed by atoms with Crippen LogP contribution < -0.4 is 10.6 Å². The lowest BCUT2D eigenvalue weighted by Gasteiger charge is -2.19. The fourth-order valence-corrected chi connectivity index (χ4v) is 2.32. The second-order valence-electron chi connectivity index (χ2n) is 5.44. The molecule has 0 fully saturated rings. The summed E-state index contributed by atoms with van der Waals surface area (Å²) >= 11 is 0. The standard InChI is InChI=1S/C18H26N4O4/c1-5-21(6-2)17(25)19-15(23)13-10-9-11-14(12-13)16(24)20-18(26)22(7-3)8-4/h9-12H,5-8H2,1-4H3,(H,19,23,25)(H,20,24,26). The molecule has 0 atom stereocenters. The van der Waals surface area contributed by atoms with Crippen molar-refractivity contribution >= 4 is 23.9 Å². The Balaban J connectivity index is 2.84. The van der Waals surface area contributed by atoms with E-state index in [0.29, 0.717) is 26.2 Å². The van der Waals surface area contributed by atoms with Gasteiger partial charge in [-0.1, -0.05) is 6.07 Å². The molecular weight excluding hydrogens is 336 g/mol. The van der Waals surface area contributed by atoms with Crippen LogP contribution in [0.5, 0.6) is 0 Å². The van der Waals surface area contributed by atoms with Crippen LogP contribution in [-0.4, -0.2) is 59.9 Å². The third-order valence-corrected chi connectivity index (χ3v) is 3.93. The first-order valence-electron chi connectivity index (χ1n) is 8.68. The van der Waals surface area contributed by atoms with Gasteiger partial charge in [-0.15, -0.1) is 0 Å². The summed E-state index contributed by atoms with van der Waals surface area (Å²) in [6.07, 6.45) is 0. The highest BCUT2D eigenvalue weighted by atomic mass is 16.2. The lowest BCUT2D eigenvalue weighted by Crippen LogP contribution is -2.43. The van der Waals surface area contributed by atoms with Gasteiger partial charge in [-0.3, -0.25) is 20.2 Å². The second kappa shape index (κ2) is 10.2. The number of urea groups is 2. The van der Waals surface area contributed by atoms with Gasteiger partial charge in [0.2, 0.25) is 0 Å². The minimum atomic E-state index is -0.605. The zero-order valence-corrected chi connectivity index (χ0v) is 15.7. The molecule has 0 aliphatic heterocycles. The molecule has 2 N–H and O–H groups in total. The van der Waals surface area contributed by atoms with Crippen molar-refractivity contribution in [3.63, 3.8) is 0 Å². The number of amides is 6. The van der Waals surface area contributed by atoms with E-state index in [4.69, 9.17) is 0 Å². The molecule has 8 nitrogen and oxygen atoms in total. The largest absolute Gasteiger partial charge is 0.325 e. The number of rotatable bonds is 6. The van der Waals surface area contributed by atoms with Gasteiger partial charge < -0.3 is 9.80 Å². The number of hydrogen-bond donors (Lipinski definition) is 2. The third kappa shape index (κ3) is 5.58. The first-order chi connectivity index (χ1) is 12.4. The molecule has 0 aliphatic rings. The monoisotopic (exact) mass is 362 g/mol. The minimum Gasteiger partial charge on any atom is -0.325 e. The van der Waals surface area contributed by atoms with Gasteiger partial charge in [0.25, 0.3) is 11.8 Å². The Morgan fingerprint density at radius 1 is 0.731 bits per heavy atom. The van der Waals surface area contributed by atoms with Crippen LogP contribution in [0, 0.1) is 0 Å². The van der Waals surface area contributed by atoms with Gasteiger partial charge >= 0.3 is 12.1 Å². The van der Waals surface area contributed by atoms with Gasteiger partial charge in [0.15, 0.2) is 0 Å². The molecule has 142 valence electrons. The van der Waals surface area contributed by atoms with E-state index in [1.165, 1.54) is 34.1 Å². The maximum atomic E-state index is 12.2. The molecule has 0 spiro atoms. The average Bonchev–Trinajstić information content (AvgIpc) is 2.63. The third-order valence-electron chi connectivity index (χ3n) is 3.93. The molecule has 0 saturated carbocycles. The smallest absolute Gasteiger partial charge is 0.324 e. The molecule has 0 radical (unpaired) electrons. The van der Waals surface area contributed by atoms with Crippen molar-refractivity contribution in [1.29, 1.82) is 0 Å². The van der Waals surface area contributed by atoms with Gasteiger partial charge in [-0.05, 0) is 45.9 Å². The summed E-state index contributed by atoms with van der Waals surface area (Å²) in [7, 11) is 0. The number of carbonyl (C=O) groups excluding carboxylic acids is 4. The number of nitrogens with zero attached hydrogens (tertiary/aromatic N) is 2. The van der Waals surface area contributed by atoms with Crippen molar-refractivity contribution < 1.29 is 19.2 Å². The van der Waals surface area contributed by atoms with Crippen molar-refractivity contribution in [3.8, 4) is 0 Å². The summed E-state index contributed by atoms with van der Waals surface area (Å²) in [6, 6.07) is 4.86. The average molecular weight is 362 g/mol. The van der Waals surface area contributed by atoms with Gasteiger partial charge in [-0.2, -0.15) is 0 Å². The molecule has 8 heteroatoms. The highest BCUT2D eigenvalue weighted by molar-refractivity contribution is 6.08. The van der Waals surface area contributed by atoms with Crippen LogP contribution in [0.15, 0.2) is 24.3 Å². The molecule has 0 saturated heterocycles. The highest BCUT2D eigenvalue weighted by Gasteiger charge is 2.18. The fraction of sp³-hybridized carbons (Fsp3) is 0.444. The van der Waals surface area contributed by atoms with E-state index in [0.717, 1.165) is 0 Å². The maximum Gasteiger partial charge on any atom is 0.324 e. The minimum absolute atomic E-state index is 0.161. The Morgan fingerprint density at radius 2 is 1.08 bits per heavy atom. The quantitative estimate of drug-likeness (QED) is 0.809. The molecule has 0 heterocycles. The van der Waals surface area contributed by atoms with E-state index in [2.05, 4.69) is 10.6 Å². The van der Waals surface area contributed by atoms with Gasteiger partial charge in [0.05, 0.1) is 0 Å². The number of imide groups is 2. The lowest BCUT2D eigenvalue weighted by molar-refractivity contribution is 0.0950.